The number of hydrogen-bond donors (Lipinski definition) is 0. The van der Waals surface area contributed by atoms with E-state index >= 15 is 0 Å². The fraction of sp³-hybridized carbons (Fsp3) is 0.435. The number of carbonyl (C=O) groups is 1. The Balaban J connectivity index is 2.22. The van der Waals surface area contributed by atoms with Gasteiger partial charge in [-0.15, -0.1) is 0 Å². The first kappa shape index (κ1) is 19.4. The number of fused-ring (bicyclic) bond motifs is 2. The van der Waals surface area contributed by atoms with Gasteiger partial charge in [-0.2, -0.15) is 0 Å². The minimum Gasteiger partial charge on any atom is -0.325 e. The van der Waals surface area contributed by atoms with Gasteiger partial charge >= 0.3 is 6.03 Å². The van der Waals surface area contributed by atoms with E-state index in [1.54, 1.807) is 0 Å². The van der Waals surface area contributed by atoms with Crippen molar-refractivity contribution in [1.82, 2.24) is 9.80 Å². The van der Waals surface area contributed by atoms with Gasteiger partial charge in [0.05, 0.1) is 11.4 Å². The van der Waals surface area contributed by atoms with Crippen molar-refractivity contribution in [2.75, 3.05) is 31.1 Å². The maximum absolute atomic E-state index is 13.5. The number of para-hydroxylation sites is 2. The van der Waals surface area contributed by atoms with Crippen molar-refractivity contribution in [2.24, 2.45) is 0 Å². The summed E-state index contributed by atoms with van der Waals surface area (Å²) in [5.74, 6) is 0. The molecule has 4 heteroatoms. The average Bonchev–Trinajstić information content (AvgIpc) is 2.84. The molecule has 1 atom stereocenters. The predicted molar refractivity (Wildman–Crippen MR) is 113 cm³/mol. The van der Waals surface area contributed by atoms with Gasteiger partial charge < -0.3 is 4.90 Å². The van der Waals surface area contributed by atoms with Crippen molar-refractivity contribution in [3.63, 3.8) is 0 Å². The molecule has 1 aliphatic heterocycles. The zero-order chi connectivity index (χ0) is 19.4. The van der Waals surface area contributed by atoms with E-state index in [9.17, 15) is 4.79 Å². The van der Waals surface area contributed by atoms with Gasteiger partial charge in [0.1, 0.15) is 0 Å². The fourth-order valence-corrected chi connectivity index (χ4v) is 4.15. The van der Waals surface area contributed by atoms with Crippen LogP contribution in [0.25, 0.3) is 0 Å². The van der Waals surface area contributed by atoms with Gasteiger partial charge in [0.15, 0.2) is 0 Å². The molecule has 0 bridgehead atoms. The van der Waals surface area contributed by atoms with Crippen LogP contribution in [0.15, 0.2) is 48.5 Å². The van der Waals surface area contributed by atoms with Gasteiger partial charge in [-0.1, -0.05) is 50.2 Å². The molecule has 0 saturated heterocycles. The number of nitrogens with zero attached hydrogens (tertiary/aromatic N) is 3. The molecule has 144 valence electrons. The summed E-state index contributed by atoms with van der Waals surface area (Å²) in [6.07, 6.45) is 0.914. The van der Waals surface area contributed by atoms with E-state index in [1.165, 1.54) is 11.1 Å². The quantitative estimate of drug-likeness (QED) is 0.726. The van der Waals surface area contributed by atoms with Gasteiger partial charge in [-0.05, 0) is 56.6 Å². The Bertz CT molecular complexity index is 781. The number of carbonyl (C=O) groups excluding carboxylic acids is 1. The summed E-state index contributed by atoms with van der Waals surface area (Å²) in [6, 6.07) is 17.1. The van der Waals surface area contributed by atoms with Crippen LogP contribution < -0.4 is 4.90 Å². The van der Waals surface area contributed by atoms with E-state index in [0.717, 1.165) is 30.9 Å². The second-order valence-corrected chi connectivity index (χ2v) is 6.92. The number of benzene rings is 2. The molecular weight excluding hydrogens is 334 g/mol. The molecule has 0 aliphatic carbocycles. The summed E-state index contributed by atoms with van der Waals surface area (Å²) in [4.78, 5) is 19.8. The van der Waals surface area contributed by atoms with Gasteiger partial charge in [-0.3, -0.25) is 9.80 Å². The second-order valence-electron chi connectivity index (χ2n) is 6.92. The van der Waals surface area contributed by atoms with Crippen LogP contribution in [0.5, 0.6) is 0 Å². The minimum atomic E-state index is 0.0556. The Morgan fingerprint density at radius 1 is 0.889 bits per heavy atom. The van der Waals surface area contributed by atoms with Gasteiger partial charge in [0.25, 0.3) is 0 Å². The molecule has 0 spiro atoms. The van der Waals surface area contributed by atoms with Crippen LogP contribution in [-0.4, -0.2) is 42.0 Å². The Kier molecular flexibility index (Phi) is 6.17. The SMILES string of the molecule is CCN(CC)C(=O)N1c2ccccc2C[C@H](N(CC)CC)c2ccccc21. The van der Waals surface area contributed by atoms with Crippen LogP contribution in [0.3, 0.4) is 0 Å². The summed E-state index contributed by atoms with van der Waals surface area (Å²) in [5, 5.41) is 0. The molecule has 27 heavy (non-hydrogen) atoms. The van der Waals surface area contributed by atoms with Crippen molar-refractivity contribution in [2.45, 2.75) is 40.2 Å². The van der Waals surface area contributed by atoms with Gasteiger partial charge in [0, 0.05) is 19.1 Å². The zero-order valence-corrected chi connectivity index (χ0v) is 17.0. The summed E-state index contributed by atoms with van der Waals surface area (Å²) in [5.41, 5.74) is 4.48. The predicted octanol–water partition coefficient (Wildman–Crippen LogP) is 5.23. The zero-order valence-electron chi connectivity index (χ0n) is 17.0. The van der Waals surface area contributed by atoms with E-state index in [4.69, 9.17) is 0 Å². The van der Waals surface area contributed by atoms with E-state index < -0.39 is 0 Å². The smallest absolute Gasteiger partial charge is 0.325 e. The van der Waals surface area contributed by atoms with Crippen molar-refractivity contribution >= 4 is 17.4 Å². The molecule has 4 nitrogen and oxygen atoms in total. The lowest BCUT2D eigenvalue weighted by Crippen LogP contribution is -2.41. The standard InChI is InChI=1S/C23H31N3O/c1-5-24(6-2)22-17-18-13-9-11-15-20(18)26(23(27)25(7-3)8-4)21-16-12-10-14-19(21)22/h9-16,22H,5-8,17H2,1-4H3/t22-/m0/s1. The minimum absolute atomic E-state index is 0.0556. The van der Waals surface area contributed by atoms with E-state index in [2.05, 4.69) is 55.1 Å². The average molecular weight is 366 g/mol. The molecule has 0 aromatic heterocycles. The number of likely N-dealkylation sites (N-methyl/N-ethyl adjacent to an activating group) is 1. The third-order valence-corrected chi connectivity index (χ3v) is 5.66. The fourth-order valence-electron chi connectivity index (χ4n) is 4.15. The molecule has 0 N–H and O–H groups in total. The Labute approximate surface area is 163 Å². The summed E-state index contributed by atoms with van der Waals surface area (Å²) < 4.78 is 0. The van der Waals surface area contributed by atoms with E-state index in [1.807, 2.05) is 35.8 Å². The third kappa shape index (κ3) is 3.59. The first-order valence-electron chi connectivity index (χ1n) is 10.2. The van der Waals surface area contributed by atoms with Crippen LogP contribution >= 0.6 is 0 Å². The van der Waals surface area contributed by atoms with Crippen LogP contribution in [0.1, 0.15) is 44.9 Å². The number of urea groups is 1. The Morgan fingerprint density at radius 2 is 1.48 bits per heavy atom. The molecule has 0 fully saturated rings. The first-order valence-corrected chi connectivity index (χ1v) is 10.2. The normalized spacial score (nSPS) is 15.9. The van der Waals surface area contributed by atoms with Crippen molar-refractivity contribution < 1.29 is 4.79 Å². The number of amides is 2. The molecule has 2 aromatic carbocycles. The third-order valence-electron chi connectivity index (χ3n) is 5.66. The monoisotopic (exact) mass is 365 g/mol. The highest BCUT2D eigenvalue weighted by atomic mass is 16.2. The van der Waals surface area contributed by atoms with Crippen LogP contribution in [-0.2, 0) is 6.42 Å². The molecular formula is C23H31N3O. The molecule has 1 aliphatic rings. The number of hydrogen-bond acceptors (Lipinski definition) is 2. The summed E-state index contributed by atoms with van der Waals surface area (Å²) >= 11 is 0. The highest BCUT2D eigenvalue weighted by Crippen LogP contribution is 2.42. The lowest BCUT2D eigenvalue weighted by molar-refractivity contribution is 0.212. The molecule has 1 heterocycles. The van der Waals surface area contributed by atoms with Crippen molar-refractivity contribution in [1.29, 1.82) is 0 Å². The molecule has 0 saturated carbocycles. The summed E-state index contributed by atoms with van der Waals surface area (Å²) in [7, 11) is 0. The van der Waals surface area contributed by atoms with Crippen LogP contribution in [0, 0.1) is 0 Å². The topological polar surface area (TPSA) is 26.8 Å². The largest absolute Gasteiger partial charge is 0.329 e. The summed E-state index contributed by atoms with van der Waals surface area (Å²) in [6.45, 7) is 11.9. The lowest BCUT2D eigenvalue weighted by Gasteiger charge is -2.32. The highest BCUT2D eigenvalue weighted by molar-refractivity contribution is 6.01. The van der Waals surface area contributed by atoms with Crippen molar-refractivity contribution in [3.8, 4) is 0 Å². The number of rotatable bonds is 5. The first-order chi connectivity index (χ1) is 13.2. The van der Waals surface area contributed by atoms with Crippen molar-refractivity contribution in [3.05, 3.63) is 59.7 Å². The Morgan fingerprint density at radius 3 is 2.11 bits per heavy atom. The molecule has 2 aromatic rings. The van der Waals surface area contributed by atoms with Crippen LogP contribution in [0.4, 0.5) is 16.2 Å². The second kappa shape index (κ2) is 8.57. The number of anilines is 2. The highest BCUT2D eigenvalue weighted by Gasteiger charge is 2.33. The maximum Gasteiger partial charge on any atom is 0.329 e. The lowest BCUT2D eigenvalue weighted by atomic mass is 9.97. The van der Waals surface area contributed by atoms with E-state index in [0.29, 0.717) is 13.1 Å². The van der Waals surface area contributed by atoms with Crippen LogP contribution in [0.2, 0.25) is 0 Å². The van der Waals surface area contributed by atoms with E-state index in [-0.39, 0.29) is 12.1 Å². The maximum atomic E-state index is 13.5. The van der Waals surface area contributed by atoms with Gasteiger partial charge in [0.2, 0.25) is 0 Å². The van der Waals surface area contributed by atoms with Gasteiger partial charge in [-0.25, -0.2) is 4.79 Å². The Hall–Kier alpha value is -2.33. The molecule has 3 rings (SSSR count). The molecule has 0 radical (unpaired) electrons. The molecule has 2 amide bonds. The molecule has 0 unspecified atom stereocenters.